The molecule has 0 aromatic carbocycles. The van der Waals surface area contributed by atoms with E-state index in [9.17, 15) is 9.59 Å². The van der Waals surface area contributed by atoms with Gasteiger partial charge in [-0.2, -0.15) is 10.5 Å². The highest BCUT2D eigenvalue weighted by Gasteiger charge is 2.57. The third-order valence-electron chi connectivity index (χ3n) is 3.71. The van der Waals surface area contributed by atoms with Crippen LogP contribution in [0.2, 0.25) is 0 Å². The van der Waals surface area contributed by atoms with Crippen LogP contribution in [0.4, 0.5) is 0 Å². The number of rotatable bonds is 0. The summed E-state index contributed by atoms with van der Waals surface area (Å²) in [6.45, 7) is 0. The minimum absolute atomic E-state index is 0.541. The van der Waals surface area contributed by atoms with Crippen LogP contribution in [0.25, 0.3) is 0 Å². The predicted molar refractivity (Wildman–Crippen MR) is 52.3 cm³/mol. The van der Waals surface area contributed by atoms with E-state index in [2.05, 4.69) is 5.32 Å². The molecule has 2 fully saturated rings. The molecule has 1 spiro atoms. The number of nitrogens with zero attached hydrogens (tertiary/aromatic N) is 2. The van der Waals surface area contributed by atoms with Crippen LogP contribution in [0.15, 0.2) is 0 Å². The minimum atomic E-state index is -0.864. The lowest BCUT2D eigenvalue weighted by Gasteiger charge is -2.39. The van der Waals surface area contributed by atoms with Crippen LogP contribution in [-0.2, 0) is 9.59 Å². The fraction of sp³-hybridized carbons (Fsp3) is 0.636. The van der Waals surface area contributed by atoms with Gasteiger partial charge in [0.05, 0.1) is 12.1 Å². The van der Waals surface area contributed by atoms with Crippen molar-refractivity contribution in [2.75, 3.05) is 0 Å². The van der Waals surface area contributed by atoms with Gasteiger partial charge in [0.15, 0.2) is 0 Å². The maximum Gasteiger partial charge on any atom is 0.244 e. The van der Waals surface area contributed by atoms with Crippen LogP contribution in [0.1, 0.15) is 25.7 Å². The second-order valence-electron chi connectivity index (χ2n) is 4.42. The number of carbonyl (C=O) groups is 2. The van der Waals surface area contributed by atoms with Gasteiger partial charge in [0, 0.05) is 5.41 Å². The molecule has 1 N–H and O–H groups in total. The molecule has 2 amide bonds. The van der Waals surface area contributed by atoms with Crippen LogP contribution in [0, 0.1) is 39.9 Å². The summed E-state index contributed by atoms with van der Waals surface area (Å²) in [7, 11) is 0. The Kier molecular flexibility index (Phi) is 2.40. The third-order valence-corrected chi connectivity index (χ3v) is 3.71. The summed E-state index contributed by atoms with van der Waals surface area (Å²) in [5, 5.41) is 20.2. The molecule has 5 heteroatoms. The molecule has 1 saturated heterocycles. The van der Waals surface area contributed by atoms with Gasteiger partial charge < -0.3 is 0 Å². The van der Waals surface area contributed by atoms with Crippen molar-refractivity contribution in [3.63, 3.8) is 0 Å². The molecule has 2 aliphatic rings. The van der Waals surface area contributed by atoms with Crippen LogP contribution in [0.3, 0.4) is 0 Å². The zero-order chi connectivity index (χ0) is 11.8. The Balaban J connectivity index is 2.48. The molecular formula is C11H11N3O2. The average Bonchev–Trinajstić information content (AvgIpc) is 2.68. The smallest absolute Gasteiger partial charge is 0.244 e. The maximum absolute atomic E-state index is 11.6. The number of hydrogen-bond acceptors (Lipinski definition) is 4. The topological polar surface area (TPSA) is 93.8 Å². The Morgan fingerprint density at radius 3 is 1.88 bits per heavy atom. The lowest BCUT2D eigenvalue weighted by atomic mass is 9.63. The zero-order valence-corrected chi connectivity index (χ0v) is 8.69. The van der Waals surface area contributed by atoms with E-state index in [0.29, 0.717) is 12.8 Å². The summed E-state index contributed by atoms with van der Waals surface area (Å²) in [5.74, 6) is -2.81. The molecule has 82 valence electrons. The fourth-order valence-electron chi connectivity index (χ4n) is 2.94. The highest BCUT2D eigenvalue weighted by Crippen LogP contribution is 2.51. The number of carbonyl (C=O) groups excluding carboxylic acids is 2. The first-order valence-electron chi connectivity index (χ1n) is 5.29. The highest BCUT2D eigenvalue weighted by molar-refractivity contribution is 6.03. The number of hydrogen-bond donors (Lipinski definition) is 1. The molecule has 5 nitrogen and oxygen atoms in total. The van der Waals surface area contributed by atoms with Gasteiger partial charge in [0.2, 0.25) is 11.8 Å². The molecule has 1 heterocycles. The number of amides is 2. The fourth-order valence-corrected chi connectivity index (χ4v) is 2.94. The molecule has 0 aromatic heterocycles. The molecule has 0 radical (unpaired) electrons. The van der Waals surface area contributed by atoms with E-state index in [1.807, 2.05) is 12.1 Å². The molecule has 2 rings (SSSR count). The van der Waals surface area contributed by atoms with Crippen molar-refractivity contribution < 1.29 is 9.59 Å². The van der Waals surface area contributed by atoms with E-state index < -0.39 is 29.1 Å². The van der Waals surface area contributed by atoms with E-state index in [1.165, 1.54) is 0 Å². The third kappa shape index (κ3) is 1.22. The molecule has 1 saturated carbocycles. The van der Waals surface area contributed by atoms with Crippen molar-refractivity contribution in [3.05, 3.63) is 0 Å². The van der Waals surface area contributed by atoms with Gasteiger partial charge >= 0.3 is 0 Å². The Hall–Kier alpha value is -1.88. The molecule has 0 aromatic rings. The molecule has 1 aliphatic heterocycles. The summed E-state index contributed by atoms with van der Waals surface area (Å²) in [6, 6.07) is 3.91. The van der Waals surface area contributed by atoms with Gasteiger partial charge in [0.1, 0.15) is 11.8 Å². The summed E-state index contributed by atoms with van der Waals surface area (Å²) < 4.78 is 0. The maximum atomic E-state index is 11.6. The molecule has 1 aliphatic carbocycles. The van der Waals surface area contributed by atoms with E-state index in [0.717, 1.165) is 12.8 Å². The van der Waals surface area contributed by atoms with Gasteiger partial charge in [-0.25, -0.2) is 0 Å². The molecule has 16 heavy (non-hydrogen) atoms. The van der Waals surface area contributed by atoms with Crippen LogP contribution < -0.4 is 5.32 Å². The van der Waals surface area contributed by atoms with Crippen molar-refractivity contribution in [2.45, 2.75) is 25.7 Å². The number of nitriles is 2. The molecule has 2 atom stereocenters. The number of imide groups is 1. The largest absolute Gasteiger partial charge is 0.294 e. The average molecular weight is 217 g/mol. The first-order valence-corrected chi connectivity index (χ1v) is 5.29. The van der Waals surface area contributed by atoms with Crippen molar-refractivity contribution in [1.29, 1.82) is 10.5 Å². The normalized spacial score (nSPS) is 31.9. The summed E-state index contributed by atoms with van der Waals surface area (Å²) >= 11 is 0. The van der Waals surface area contributed by atoms with E-state index in [-0.39, 0.29) is 0 Å². The monoisotopic (exact) mass is 217 g/mol. The Labute approximate surface area is 93.0 Å². The van der Waals surface area contributed by atoms with Crippen molar-refractivity contribution in [3.8, 4) is 12.1 Å². The second kappa shape index (κ2) is 3.61. The van der Waals surface area contributed by atoms with E-state index in [1.54, 1.807) is 0 Å². The van der Waals surface area contributed by atoms with Gasteiger partial charge in [-0.05, 0) is 12.8 Å². The lowest BCUT2D eigenvalue weighted by Crippen LogP contribution is -2.56. The van der Waals surface area contributed by atoms with Gasteiger partial charge in [-0.3, -0.25) is 14.9 Å². The van der Waals surface area contributed by atoms with E-state index in [4.69, 9.17) is 10.5 Å². The number of piperidine rings is 1. The van der Waals surface area contributed by atoms with Crippen LogP contribution in [0.5, 0.6) is 0 Å². The van der Waals surface area contributed by atoms with Crippen LogP contribution >= 0.6 is 0 Å². The molecular weight excluding hydrogens is 206 g/mol. The zero-order valence-electron chi connectivity index (χ0n) is 8.69. The van der Waals surface area contributed by atoms with Crippen molar-refractivity contribution >= 4 is 11.8 Å². The van der Waals surface area contributed by atoms with Gasteiger partial charge in [-0.15, -0.1) is 0 Å². The predicted octanol–water partition coefficient (Wildman–Crippen LogP) is 0.483. The van der Waals surface area contributed by atoms with E-state index >= 15 is 0 Å². The first-order chi connectivity index (χ1) is 7.65. The number of nitrogens with one attached hydrogen (secondary N) is 1. The Morgan fingerprint density at radius 1 is 1.06 bits per heavy atom. The molecule has 0 unspecified atom stereocenters. The minimum Gasteiger partial charge on any atom is -0.294 e. The van der Waals surface area contributed by atoms with Crippen molar-refractivity contribution in [2.24, 2.45) is 17.3 Å². The summed E-state index contributed by atoms with van der Waals surface area (Å²) in [6.07, 6.45) is 2.97. The Morgan fingerprint density at radius 2 is 1.50 bits per heavy atom. The van der Waals surface area contributed by atoms with Crippen molar-refractivity contribution in [1.82, 2.24) is 5.32 Å². The SMILES string of the molecule is N#C[C@@H]1C(=O)NC(=O)[C@H](C#N)C12CCCC2. The van der Waals surface area contributed by atoms with Crippen LogP contribution in [-0.4, -0.2) is 11.8 Å². The van der Waals surface area contributed by atoms with Gasteiger partial charge in [-0.1, -0.05) is 12.8 Å². The van der Waals surface area contributed by atoms with Gasteiger partial charge in [0.25, 0.3) is 0 Å². The highest BCUT2D eigenvalue weighted by atomic mass is 16.2. The standard InChI is InChI=1S/C11H11N3O2/c12-5-7-9(15)14-10(16)8(6-13)11(7)3-1-2-4-11/h7-8H,1-4H2,(H,14,15,16)/t7-,8+. The summed E-state index contributed by atoms with van der Waals surface area (Å²) in [4.78, 5) is 23.2. The summed E-state index contributed by atoms with van der Waals surface area (Å²) in [5.41, 5.74) is -0.733. The lowest BCUT2D eigenvalue weighted by molar-refractivity contribution is -0.144. The quantitative estimate of drug-likeness (QED) is 0.597. The Bertz CT molecular complexity index is 389. The molecule has 0 bridgehead atoms. The second-order valence-corrected chi connectivity index (χ2v) is 4.42. The first kappa shape index (κ1) is 10.6.